The fraction of sp³-hybridized carbons (Fsp3) is 0.333. The predicted molar refractivity (Wildman–Crippen MR) is 60.0 cm³/mol. The van der Waals surface area contributed by atoms with Crippen molar-refractivity contribution in [3.8, 4) is 5.75 Å². The van der Waals surface area contributed by atoms with Crippen LogP contribution in [0.4, 0.5) is 5.69 Å². The number of ether oxygens (including phenoxy) is 1. The number of carbonyl (C=O) groups is 2. The molecule has 0 bridgehead atoms. The highest BCUT2D eigenvalue weighted by Gasteiger charge is 2.24. The van der Waals surface area contributed by atoms with Crippen molar-refractivity contribution >= 4 is 17.9 Å². The Hall–Kier alpha value is -1.84. The number of carbonyl (C=O) groups excluding carboxylic acids is 2. The third kappa shape index (κ3) is 1.78. The van der Waals surface area contributed by atoms with Crippen LogP contribution in [0.2, 0.25) is 0 Å². The van der Waals surface area contributed by atoms with E-state index >= 15 is 0 Å². The minimum Gasteiger partial charge on any atom is -0.482 e. The van der Waals surface area contributed by atoms with Crippen LogP contribution in [0.5, 0.6) is 5.75 Å². The van der Waals surface area contributed by atoms with Gasteiger partial charge in [0.05, 0.1) is 5.69 Å². The first kappa shape index (κ1) is 10.7. The lowest BCUT2D eigenvalue weighted by Crippen LogP contribution is -2.39. The van der Waals surface area contributed by atoms with Crippen molar-refractivity contribution in [1.29, 1.82) is 0 Å². The van der Waals surface area contributed by atoms with Crippen molar-refractivity contribution in [1.82, 2.24) is 0 Å². The summed E-state index contributed by atoms with van der Waals surface area (Å²) in [5.41, 5.74) is 1.25. The van der Waals surface area contributed by atoms with Gasteiger partial charge >= 0.3 is 0 Å². The molecular formula is C12H13NO3. The Morgan fingerprint density at radius 1 is 1.50 bits per heavy atom. The van der Waals surface area contributed by atoms with Crippen LogP contribution in [-0.2, 0) is 4.79 Å². The van der Waals surface area contributed by atoms with Gasteiger partial charge in [0.15, 0.2) is 6.61 Å². The molecule has 84 valence electrons. The monoisotopic (exact) mass is 219 g/mol. The Morgan fingerprint density at radius 2 is 2.31 bits per heavy atom. The first-order valence-electron chi connectivity index (χ1n) is 5.28. The molecule has 1 aromatic rings. The summed E-state index contributed by atoms with van der Waals surface area (Å²) in [5, 5.41) is 0. The molecule has 0 fully saturated rings. The molecule has 0 aromatic heterocycles. The smallest absolute Gasteiger partial charge is 0.265 e. The predicted octanol–water partition coefficient (Wildman–Crippen LogP) is 1.63. The van der Waals surface area contributed by atoms with E-state index in [1.54, 1.807) is 23.1 Å². The summed E-state index contributed by atoms with van der Waals surface area (Å²) in [6.45, 7) is 2.73. The van der Waals surface area contributed by atoms with E-state index in [4.69, 9.17) is 4.74 Å². The van der Waals surface area contributed by atoms with E-state index in [0.29, 0.717) is 23.5 Å². The van der Waals surface area contributed by atoms with Crippen molar-refractivity contribution in [2.24, 2.45) is 0 Å². The first-order chi connectivity index (χ1) is 7.76. The standard InChI is InChI=1S/C12H13NO3/c1-2-5-13-10-6-9(7-14)3-4-11(10)16-8-12(13)15/h3-4,6-7H,2,5,8H2,1H3. The Morgan fingerprint density at radius 3 is 3.00 bits per heavy atom. The molecule has 0 unspecified atom stereocenters. The molecule has 0 N–H and O–H groups in total. The summed E-state index contributed by atoms with van der Waals surface area (Å²) in [5.74, 6) is 0.607. The van der Waals surface area contributed by atoms with Gasteiger partial charge in [-0.1, -0.05) is 6.92 Å². The van der Waals surface area contributed by atoms with Crippen LogP contribution in [0.25, 0.3) is 0 Å². The van der Waals surface area contributed by atoms with Crippen LogP contribution in [0.1, 0.15) is 23.7 Å². The van der Waals surface area contributed by atoms with Gasteiger partial charge in [-0.05, 0) is 24.6 Å². The zero-order chi connectivity index (χ0) is 11.5. The molecule has 4 nitrogen and oxygen atoms in total. The quantitative estimate of drug-likeness (QED) is 0.726. The van der Waals surface area contributed by atoms with Gasteiger partial charge in [-0.3, -0.25) is 9.59 Å². The molecular weight excluding hydrogens is 206 g/mol. The zero-order valence-corrected chi connectivity index (χ0v) is 9.10. The molecule has 0 saturated carbocycles. The molecule has 0 atom stereocenters. The average molecular weight is 219 g/mol. The minimum absolute atomic E-state index is 0.0580. The van der Waals surface area contributed by atoms with E-state index in [2.05, 4.69) is 0 Å². The molecule has 1 aliphatic heterocycles. The number of benzene rings is 1. The van der Waals surface area contributed by atoms with Crippen molar-refractivity contribution in [2.45, 2.75) is 13.3 Å². The molecule has 1 aliphatic rings. The Kier molecular flexibility index (Phi) is 2.90. The highest BCUT2D eigenvalue weighted by atomic mass is 16.5. The zero-order valence-electron chi connectivity index (χ0n) is 9.10. The van der Waals surface area contributed by atoms with Crippen molar-refractivity contribution < 1.29 is 14.3 Å². The van der Waals surface area contributed by atoms with Gasteiger partial charge in [0.25, 0.3) is 5.91 Å². The third-order valence-corrected chi connectivity index (χ3v) is 2.51. The van der Waals surface area contributed by atoms with Gasteiger partial charge in [-0.15, -0.1) is 0 Å². The van der Waals surface area contributed by atoms with Gasteiger partial charge in [0.1, 0.15) is 12.0 Å². The van der Waals surface area contributed by atoms with E-state index < -0.39 is 0 Å². The van der Waals surface area contributed by atoms with Crippen LogP contribution in [0.3, 0.4) is 0 Å². The SMILES string of the molecule is CCCN1C(=O)COc2ccc(C=O)cc21. The van der Waals surface area contributed by atoms with Crippen LogP contribution in [0, 0.1) is 0 Å². The highest BCUT2D eigenvalue weighted by Crippen LogP contribution is 2.32. The number of amides is 1. The number of aldehydes is 1. The maximum Gasteiger partial charge on any atom is 0.265 e. The molecule has 1 amide bonds. The maximum atomic E-state index is 11.7. The van der Waals surface area contributed by atoms with E-state index in [0.717, 1.165) is 12.7 Å². The van der Waals surface area contributed by atoms with Gasteiger partial charge in [-0.2, -0.15) is 0 Å². The van der Waals surface area contributed by atoms with E-state index in [9.17, 15) is 9.59 Å². The van der Waals surface area contributed by atoms with Crippen LogP contribution < -0.4 is 9.64 Å². The Bertz CT molecular complexity index is 428. The largest absolute Gasteiger partial charge is 0.482 e. The second-order valence-corrected chi connectivity index (χ2v) is 3.68. The lowest BCUT2D eigenvalue weighted by molar-refractivity contribution is -0.121. The average Bonchev–Trinajstić information content (AvgIpc) is 2.32. The topological polar surface area (TPSA) is 46.6 Å². The van der Waals surface area contributed by atoms with E-state index in [1.165, 1.54) is 0 Å². The molecule has 0 aliphatic carbocycles. The Balaban J connectivity index is 2.43. The molecule has 1 heterocycles. The molecule has 16 heavy (non-hydrogen) atoms. The van der Waals surface area contributed by atoms with Crippen LogP contribution in [0.15, 0.2) is 18.2 Å². The normalized spacial score (nSPS) is 14.3. The fourth-order valence-corrected chi connectivity index (χ4v) is 1.76. The second kappa shape index (κ2) is 4.35. The fourth-order valence-electron chi connectivity index (χ4n) is 1.76. The molecule has 0 spiro atoms. The summed E-state index contributed by atoms with van der Waals surface area (Å²) in [6.07, 6.45) is 1.64. The number of nitrogens with zero attached hydrogens (tertiary/aromatic N) is 1. The number of anilines is 1. The molecule has 0 radical (unpaired) electrons. The van der Waals surface area contributed by atoms with Crippen molar-refractivity contribution in [3.63, 3.8) is 0 Å². The molecule has 4 heteroatoms. The van der Waals surface area contributed by atoms with Gasteiger partial charge in [0.2, 0.25) is 0 Å². The Labute approximate surface area is 93.8 Å². The summed E-state index contributed by atoms with van der Waals surface area (Å²) in [7, 11) is 0. The number of rotatable bonds is 3. The highest BCUT2D eigenvalue weighted by molar-refractivity contribution is 5.98. The molecule has 1 aromatic carbocycles. The second-order valence-electron chi connectivity index (χ2n) is 3.68. The molecule has 2 rings (SSSR count). The van der Waals surface area contributed by atoms with Crippen molar-refractivity contribution in [3.05, 3.63) is 23.8 Å². The van der Waals surface area contributed by atoms with Crippen LogP contribution >= 0.6 is 0 Å². The summed E-state index contributed by atoms with van der Waals surface area (Å²) in [4.78, 5) is 24.0. The van der Waals surface area contributed by atoms with Gasteiger partial charge in [-0.25, -0.2) is 0 Å². The number of hydrogen-bond acceptors (Lipinski definition) is 3. The van der Waals surface area contributed by atoms with Crippen molar-refractivity contribution in [2.75, 3.05) is 18.1 Å². The summed E-state index contributed by atoms with van der Waals surface area (Å²) in [6, 6.07) is 5.11. The van der Waals surface area contributed by atoms with E-state index in [-0.39, 0.29) is 12.5 Å². The first-order valence-corrected chi connectivity index (χ1v) is 5.28. The molecule has 0 saturated heterocycles. The number of hydrogen-bond donors (Lipinski definition) is 0. The number of fused-ring (bicyclic) bond motifs is 1. The maximum absolute atomic E-state index is 11.7. The summed E-state index contributed by atoms with van der Waals surface area (Å²) < 4.78 is 5.30. The van der Waals surface area contributed by atoms with Gasteiger partial charge < -0.3 is 9.64 Å². The van der Waals surface area contributed by atoms with Crippen LogP contribution in [-0.4, -0.2) is 25.3 Å². The van der Waals surface area contributed by atoms with Gasteiger partial charge in [0, 0.05) is 12.1 Å². The summed E-state index contributed by atoms with van der Waals surface area (Å²) >= 11 is 0. The lowest BCUT2D eigenvalue weighted by atomic mass is 10.1. The van der Waals surface area contributed by atoms with E-state index in [1.807, 2.05) is 6.92 Å². The lowest BCUT2D eigenvalue weighted by Gasteiger charge is -2.29. The third-order valence-electron chi connectivity index (χ3n) is 2.51. The minimum atomic E-state index is -0.0580.